The molecule has 0 radical (unpaired) electrons. The summed E-state index contributed by atoms with van der Waals surface area (Å²) in [5, 5.41) is 10.5. The lowest BCUT2D eigenvalue weighted by molar-refractivity contribution is -0.0484. The molecule has 2 saturated heterocycles. The third-order valence-corrected chi connectivity index (χ3v) is 3.93. The molecule has 0 unspecified atom stereocenters. The van der Waals surface area contributed by atoms with Crippen LogP contribution in [-0.2, 0) is 4.74 Å². The fraction of sp³-hybridized carbons (Fsp3) is 1.00. The van der Waals surface area contributed by atoms with Crippen molar-refractivity contribution in [3.63, 3.8) is 0 Å². The lowest BCUT2D eigenvalue weighted by Crippen LogP contribution is -2.44. The second-order valence-electron chi connectivity index (χ2n) is 5.29. The van der Waals surface area contributed by atoms with Gasteiger partial charge in [-0.2, -0.15) is 0 Å². The van der Waals surface area contributed by atoms with Gasteiger partial charge in [-0.05, 0) is 45.1 Å². The van der Waals surface area contributed by atoms with Gasteiger partial charge in [0.15, 0.2) is 0 Å². The normalized spacial score (nSPS) is 29.2. The Hall–Kier alpha value is -0.120. The Bertz CT molecular complexity index is 194. The second-order valence-corrected chi connectivity index (χ2v) is 5.29. The van der Waals surface area contributed by atoms with Crippen molar-refractivity contribution in [3.05, 3.63) is 0 Å². The van der Waals surface area contributed by atoms with Crippen LogP contribution in [0.15, 0.2) is 0 Å². The molecule has 0 aliphatic carbocycles. The number of ether oxygens (including phenoxy) is 1. The number of hydrogen-bond donors (Lipinski definition) is 1. The summed E-state index contributed by atoms with van der Waals surface area (Å²) >= 11 is 0. The van der Waals surface area contributed by atoms with Gasteiger partial charge in [-0.1, -0.05) is 0 Å². The van der Waals surface area contributed by atoms with E-state index in [1.54, 1.807) is 0 Å². The second kappa shape index (κ2) is 4.81. The summed E-state index contributed by atoms with van der Waals surface area (Å²) in [6.07, 6.45) is 5.15. The third-order valence-electron chi connectivity index (χ3n) is 3.93. The van der Waals surface area contributed by atoms with Crippen molar-refractivity contribution < 1.29 is 9.84 Å². The summed E-state index contributed by atoms with van der Waals surface area (Å²) in [7, 11) is 2.13. The van der Waals surface area contributed by atoms with Gasteiger partial charge in [0.1, 0.15) is 0 Å². The zero-order valence-corrected chi connectivity index (χ0v) is 9.74. The van der Waals surface area contributed by atoms with Gasteiger partial charge >= 0.3 is 0 Å². The maximum Gasteiger partial charge on any atom is 0.0674 e. The van der Waals surface area contributed by atoms with Crippen molar-refractivity contribution in [3.8, 4) is 0 Å². The maximum atomic E-state index is 10.5. The molecule has 2 aliphatic heterocycles. The van der Waals surface area contributed by atoms with E-state index in [0.29, 0.717) is 5.92 Å². The molecule has 0 spiro atoms. The Morgan fingerprint density at radius 1 is 1.27 bits per heavy atom. The Morgan fingerprint density at radius 2 is 1.87 bits per heavy atom. The van der Waals surface area contributed by atoms with Crippen LogP contribution in [0.4, 0.5) is 0 Å². The summed E-state index contributed by atoms with van der Waals surface area (Å²) in [6, 6.07) is 0. The van der Waals surface area contributed by atoms with Crippen molar-refractivity contribution in [2.24, 2.45) is 5.92 Å². The molecule has 0 atom stereocenters. The third kappa shape index (κ3) is 3.16. The van der Waals surface area contributed by atoms with E-state index in [9.17, 15) is 5.11 Å². The summed E-state index contributed by atoms with van der Waals surface area (Å²) in [5.74, 6) is 0.687. The number of rotatable bonds is 2. The molecule has 2 aliphatic rings. The number of aliphatic hydroxyl groups is 1. The molecule has 88 valence electrons. The van der Waals surface area contributed by atoms with Crippen LogP contribution in [0.3, 0.4) is 0 Å². The van der Waals surface area contributed by atoms with Gasteiger partial charge in [0, 0.05) is 26.3 Å². The van der Waals surface area contributed by atoms with Crippen molar-refractivity contribution >= 4 is 0 Å². The van der Waals surface area contributed by atoms with Gasteiger partial charge in [0.25, 0.3) is 0 Å². The molecule has 1 N–H and O–H groups in total. The summed E-state index contributed by atoms with van der Waals surface area (Å²) in [4.78, 5) is 2.30. The molecule has 0 aromatic carbocycles. The Balaban J connectivity index is 1.81. The van der Waals surface area contributed by atoms with Crippen molar-refractivity contribution in [2.45, 2.75) is 37.7 Å². The first-order valence-electron chi connectivity index (χ1n) is 6.17. The van der Waals surface area contributed by atoms with E-state index in [1.807, 2.05) is 0 Å². The van der Waals surface area contributed by atoms with E-state index >= 15 is 0 Å². The first-order valence-corrected chi connectivity index (χ1v) is 6.17. The average Bonchev–Trinajstić information content (AvgIpc) is 2.24. The van der Waals surface area contributed by atoms with Gasteiger partial charge in [0.05, 0.1) is 5.60 Å². The fourth-order valence-corrected chi connectivity index (χ4v) is 2.73. The smallest absolute Gasteiger partial charge is 0.0674 e. The number of likely N-dealkylation sites (tertiary alicyclic amines) is 1. The number of piperidine rings is 1. The average molecular weight is 213 g/mol. The largest absolute Gasteiger partial charge is 0.390 e. The molecule has 2 heterocycles. The highest BCUT2D eigenvalue weighted by molar-refractivity contribution is 4.87. The van der Waals surface area contributed by atoms with Crippen LogP contribution in [0.1, 0.15) is 32.1 Å². The monoisotopic (exact) mass is 213 g/mol. The minimum Gasteiger partial charge on any atom is -0.390 e. The standard InChI is InChI=1S/C12H23NO2/c1-13-6-4-12(14,5-7-13)10-11-2-8-15-9-3-11/h11,14H,2-10H2,1H3. The maximum absolute atomic E-state index is 10.5. The topological polar surface area (TPSA) is 32.7 Å². The zero-order chi connectivity index (χ0) is 10.7. The highest BCUT2D eigenvalue weighted by Gasteiger charge is 2.33. The van der Waals surface area contributed by atoms with Gasteiger partial charge in [-0.3, -0.25) is 0 Å². The van der Waals surface area contributed by atoms with Crippen LogP contribution in [0.2, 0.25) is 0 Å². The van der Waals surface area contributed by atoms with E-state index in [-0.39, 0.29) is 5.60 Å². The van der Waals surface area contributed by atoms with E-state index < -0.39 is 0 Å². The minimum absolute atomic E-state index is 0.380. The fourth-order valence-electron chi connectivity index (χ4n) is 2.73. The molecule has 0 bridgehead atoms. The number of hydrogen-bond acceptors (Lipinski definition) is 3. The molecule has 0 amide bonds. The van der Waals surface area contributed by atoms with Crippen LogP contribution >= 0.6 is 0 Å². The highest BCUT2D eigenvalue weighted by Crippen LogP contribution is 2.32. The summed E-state index contributed by atoms with van der Waals surface area (Å²) in [5.41, 5.74) is -0.380. The van der Waals surface area contributed by atoms with Crippen LogP contribution in [-0.4, -0.2) is 49.0 Å². The van der Waals surface area contributed by atoms with Gasteiger partial charge in [-0.15, -0.1) is 0 Å². The van der Waals surface area contributed by atoms with Gasteiger partial charge < -0.3 is 14.7 Å². The lowest BCUT2D eigenvalue weighted by atomic mass is 9.80. The number of nitrogens with zero attached hydrogens (tertiary/aromatic N) is 1. The minimum atomic E-state index is -0.380. The predicted molar refractivity (Wildman–Crippen MR) is 59.8 cm³/mol. The van der Waals surface area contributed by atoms with E-state index in [4.69, 9.17) is 4.74 Å². The molecule has 0 aromatic heterocycles. The molecular formula is C12H23NO2. The molecule has 15 heavy (non-hydrogen) atoms. The molecule has 2 rings (SSSR count). The Morgan fingerprint density at radius 3 is 2.47 bits per heavy atom. The van der Waals surface area contributed by atoms with Crippen LogP contribution in [0.5, 0.6) is 0 Å². The molecule has 3 nitrogen and oxygen atoms in total. The lowest BCUT2D eigenvalue weighted by Gasteiger charge is -2.39. The highest BCUT2D eigenvalue weighted by atomic mass is 16.5. The summed E-state index contributed by atoms with van der Waals surface area (Å²) < 4.78 is 5.35. The molecule has 0 aromatic rings. The van der Waals surface area contributed by atoms with Crippen LogP contribution < -0.4 is 0 Å². The van der Waals surface area contributed by atoms with Gasteiger partial charge in [-0.25, -0.2) is 0 Å². The first kappa shape index (κ1) is 11.4. The van der Waals surface area contributed by atoms with Crippen LogP contribution in [0, 0.1) is 5.92 Å². The Kier molecular flexibility index (Phi) is 3.65. The van der Waals surface area contributed by atoms with E-state index in [2.05, 4.69) is 11.9 Å². The van der Waals surface area contributed by atoms with E-state index in [0.717, 1.165) is 58.4 Å². The summed E-state index contributed by atoms with van der Waals surface area (Å²) in [6.45, 7) is 3.86. The van der Waals surface area contributed by atoms with Crippen LogP contribution in [0.25, 0.3) is 0 Å². The SMILES string of the molecule is CN1CCC(O)(CC2CCOCC2)CC1. The predicted octanol–water partition coefficient (Wildman–Crippen LogP) is 1.26. The van der Waals surface area contributed by atoms with Gasteiger partial charge in [0.2, 0.25) is 0 Å². The molecule has 2 fully saturated rings. The molecular weight excluding hydrogens is 190 g/mol. The molecule has 3 heteroatoms. The first-order chi connectivity index (χ1) is 7.18. The van der Waals surface area contributed by atoms with Crippen molar-refractivity contribution in [1.29, 1.82) is 0 Å². The van der Waals surface area contributed by atoms with Crippen molar-refractivity contribution in [2.75, 3.05) is 33.4 Å². The Labute approximate surface area is 92.4 Å². The quantitative estimate of drug-likeness (QED) is 0.749. The van der Waals surface area contributed by atoms with Crippen molar-refractivity contribution in [1.82, 2.24) is 4.90 Å². The zero-order valence-electron chi connectivity index (χ0n) is 9.74. The van der Waals surface area contributed by atoms with E-state index in [1.165, 1.54) is 0 Å². The molecule has 0 saturated carbocycles.